The predicted molar refractivity (Wildman–Crippen MR) is 82.3 cm³/mol. The van der Waals surface area contributed by atoms with Crippen LogP contribution in [0, 0.1) is 0 Å². The normalized spacial score (nSPS) is 10.6. The summed E-state index contributed by atoms with van der Waals surface area (Å²) in [7, 11) is 0. The molecule has 0 N–H and O–H groups in total. The number of hydrogen-bond donors (Lipinski definition) is 0. The predicted octanol–water partition coefficient (Wildman–Crippen LogP) is 5.64. The highest BCUT2D eigenvalue weighted by molar-refractivity contribution is 5.69. The van der Waals surface area contributed by atoms with Crippen molar-refractivity contribution in [2.24, 2.45) is 0 Å². The molecule has 2 nitrogen and oxygen atoms in total. The van der Waals surface area contributed by atoms with E-state index in [1.165, 1.54) is 64.2 Å². The summed E-state index contributed by atoms with van der Waals surface area (Å²) < 4.78 is 5.23. The Morgan fingerprint density at radius 1 is 0.684 bits per heavy atom. The van der Waals surface area contributed by atoms with E-state index in [4.69, 9.17) is 4.74 Å². The molecule has 0 saturated carbocycles. The van der Waals surface area contributed by atoms with Crippen molar-refractivity contribution in [1.82, 2.24) is 0 Å². The Bertz CT molecular complexity index is 190. The van der Waals surface area contributed by atoms with Gasteiger partial charge in [-0.25, -0.2) is 0 Å². The summed E-state index contributed by atoms with van der Waals surface area (Å²) in [6.45, 7) is 5.07. The lowest BCUT2D eigenvalue weighted by Crippen LogP contribution is -2.05. The first-order chi connectivity index (χ1) is 9.31. The van der Waals surface area contributed by atoms with Crippen molar-refractivity contribution in [3.63, 3.8) is 0 Å². The topological polar surface area (TPSA) is 26.3 Å². The molecular weight excluding hydrogens is 236 g/mol. The summed E-state index contributed by atoms with van der Waals surface area (Å²) in [5.41, 5.74) is 0. The third-order valence-corrected chi connectivity index (χ3v) is 3.50. The van der Waals surface area contributed by atoms with E-state index in [2.05, 4.69) is 13.8 Å². The molecule has 0 amide bonds. The average Bonchev–Trinajstić information content (AvgIpc) is 2.41. The molecule has 0 aliphatic carbocycles. The molecule has 0 unspecified atom stereocenters. The smallest absolute Gasteiger partial charge is 0.305 e. The van der Waals surface area contributed by atoms with Crippen molar-refractivity contribution in [3.05, 3.63) is 0 Å². The molecule has 0 radical (unpaired) electrons. The van der Waals surface area contributed by atoms with Crippen molar-refractivity contribution < 1.29 is 9.53 Å². The summed E-state index contributed by atoms with van der Waals surface area (Å²) in [4.78, 5) is 11.4. The quantitative estimate of drug-likeness (QED) is 0.301. The monoisotopic (exact) mass is 270 g/mol. The number of unbranched alkanes of at least 4 members (excludes halogenated alkanes) is 10. The van der Waals surface area contributed by atoms with Crippen LogP contribution in [0.4, 0.5) is 0 Å². The van der Waals surface area contributed by atoms with E-state index >= 15 is 0 Å². The van der Waals surface area contributed by atoms with Gasteiger partial charge in [0, 0.05) is 6.42 Å². The maximum absolute atomic E-state index is 11.4. The lowest BCUT2D eigenvalue weighted by atomic mass is 10.1. The summed E-state index contributed by atoms with van der Waals surface area (Å²) in [5, 5.41) is 0. The van der Waals surface area contributed by atoms with Crippen LogP contribution in [0.2, 0.25) is 0 Å². The minimum absolute atomic E-state index is 0.00375. The molecule has 0 aromatic heterocycles. The summed E-state index contributed by atoms with van der Waals surface area (Å²) >= 11 is 0. The van der Waals surface area contributed by atoms with E-state index < -0.39 is 0 Å². The van der Waals surface area contributed by atoms with Crippen LogP contribution in [0.5, 0.6) is 0 Å². The van der Waals surface area contributed by atoms with E-state index in [-0.39, 0.29) is 5.97 Å². The summed E-state index contributed by atoms with van der Waals surface area (Å²) in [6, 6.07) is 0. The second-order valence-electron chi connectivity index (χ2n) is 5.51. The lowest BCUT2D eigenvalue weighted by molar-refractivity contribution is -0.143. The van der Waals surface area contributed by atoms with Crippen LogP contribution in [-0.2, 0) is 9.53 Å². The van der Waals surface area contributed by atoms with Gasteiger partial charge in [0.2, 0.25) is 0 Å². The van der Waals surface area contributed by atoms with Crippen LogP contribution >= 0.6 is 0 Å². The molecule has 0 atom stereocenters. The average molecular weight is 270 g/mol. The number of carbonyl (C=O) groups is 1. The first-order valence-corrected chi connectivity index (χ1v) is 8.46. The minimum atomic E-state index is 0.00375. The van der Waals surface area contributed by atoms with Gasteiger partial charge in [0.15, 0.2) is 0 Å². The minimum Gasteiger partial charge on any atom is -0.466 e. The molecule has 0 spiro atoms. The van der Waals surface area contributed by atoms with Gasteiger partial charge in [0.25, 0.3) is 0 Å². The zero-order valence-corrected chi connectivity index (χ0v) is 13.2. The van der Waals surface area contributed by atoms with E-state index in [9.17, 15) is 4.79 Å². The lowest BCUT2D eigenvalue weighted by Gasteiger charge is -2.05. The van der Waals surface area contributed by atoms with Gasteiger partial charge in [0.1, 0.15) is 0 Å². The third-order valence-electron chi connectivity index (χ3n) is 3.50. The standard InChI is InChI=1S/C17H34O2/c1-3-5-7-9-10-11-13-15-17(18)19-16-14-12-8-6-4-2/h3-16H2,1-2H3. The number of carbonyl (C=O) groups excluding carboxylic acids is 1. The molecule has 0 heterocycles. The largest absolute Gasteiger partial charge is 0.466 e. The fourth-order valence-corrected chi connectivity index (χ4v) is 2.19. The van der Waals surface area contributed by atoms with Gasteiger partial charge in [-0.3, -0.25) is 4.79 Å². The molecule has 0 rings (SSSR count). The molecule has 2 heteroatoms. The van der Waals surface area contributed by atoms with Crippen LogP contribution < -0.4 is 0 Å². The molecule has 19 heavy (non-hydrogen) atoms. The van der Waals surface area contributed by atoms with Crippen molar-refractivity contribution in [3.8, 4) is 0 Å². The van der Waals surface area contributed by atoms with Crippen molar-refractivity contribution in [2.45, 2.75) is 97.3 Å². The zero-order valence-electron chi connectivity index (χ0n) is 13.2. The Hall–Kier alpha value is -0.530. The van der Waals surface area contributed by atoms with Gasteiger partial charge in [0.05, 0.1) is 6.61 Å². The Labute approximate surface area is 120 Å². The van der Waals surface area contributed by atoms with Gasteiger partial charge in [-0.15, -0.1) is 0 Å². The highest BCUT2D eigenvalue weighted by atomic mass is 16.5. The molecule has 114 valence electrons. The number of esters is 1. The number of ether oxygens (including phenoxy) is 1. The number of hydrogen-bond acceptors (Lipinski definition) is 2. The van der Waals surface area contributed by atoms with E-state index in [0.717, 1.165) is 12.8 Å². The van der Waals surface area contributed by atoms with Crippen LogP contribution in [0.15, 0.2) is 0 Å². The van der Waals surface area contributed by atoms with Crippen molar-refractivity contribution >= 4 is 5.97 Å². The molecule has 0 aliphatic heterocycles. The van der Waals surface area contributed by atoms with Gasteiger partial charge in [-0.2, -0.15) is 0 Å². The van der Waals surface area contributed by atoms with Gasteiger partial charge in [-0.1, -0.05) is 78.1 Å². The first kappa shape index (κ1) is 18.5. The van der Waals surface area contributed by atoms with Crippen LogP contribution in [0.1, 0.15) is 97.3 Å². The molecule has 0 aliphatic rings. The highest BCUT2D eigenvalue weighted by Crippen LogP contribution is 2.09. The Kier molecular flexibility index (Phi) is 15.1. The first-order valence-electron chi connectivity index (χ1n) is 8.46. The van der Waals surface area contributed by atoms with Crippen LogP contribution in [-0.4, -0.2) is 12.6 Å². The fourth-order valence-electron chi connectivity index (χ4n) is 2.19. The Morgan fingerprint density at radius 3 is 1.74 bits per heavy atom. The van der Waals surface area contributed by atoms with Crippen LogP contribution in [0.25, 0.3) is 0 Å². The maximum Gasteiger partial charge on any atom is 0.305 e. The highest BCUT2D eigenvalue weighted by Gasteiger charge is 2.02. The molecule has 0 aromatic rings. The van der Waals surface area contributed by atoms with Gasteiger partial charge in [-0.05, 0) is 12.8 Å². The SMILES string of the molecule is CCCCCCCCCC(=O)OCCCCCCC. The fraction of sp³-hybridized carbons (Fsp3) is 0.941. The summed E-state index contributed by atoms with van der Waals surface area (Å²) in [6.07, 6.45) is 15.4. The second kappa shape index (κ2) is 15.5. The maximum atomic E-state index is 11.4. The van der Waals surface area contributed by atoms with Gasteiger partial charge >= 0.3 is 5.97 Å². The zero-order chi connectivity index (χ0) is 14.2. The van der Waals surface area contributed by atoms with Crippen molar-refractivity contribution in [2.75, 3.05) is 6.61 Å². The molecular formula is C17H34O2. The van der Waals surface area contributed by atoms with E-state index in [1.54, 1.807) is 0 Å². The van der Waals surface area contributed by atoms with Crippen molar-refractivity contribution in [1.29, 1.82) is 0 Å². The Morgan fingerprint density at radius 2 is 1.16 bits per heavy atom. The third kappa shape index (κ3) is 15.4. The Balaban J connectivity index is 3.13. The van der Waals surface area contributed by atoms with E-state index in [1.807, 2.05) is 0 Å². The molecule has 0 aromatic carbocycles. The molecule has 0 fully saturated rings. The van der Waals surface area contributed by atoms with Gasteiger partial charge < -0.3 is 4.74 Å². The number of rotatable bonds is 14. The summed E-state index contributed by atoms with van der Waals surface area (Å²) in [5.74, 6) is 0.00375. The second-order valence-corrected chi connectivity index (χ2v) is 5.51. The molecule has 0 saturated heterocycles. The van der Waals surface area contributed by atoms with E-state index in [0.29, 0.717) is 13.0 Å². The molecule has 0 bridgehead atoms. The van der Waals surface area contributed by atoms with Crippen LogP contribution in [0.3, 0.4) is 0 Å².